The monoisotopic (exact) mass is 275 g/mol. The number of imidazole rings is 1. The second-order valence-corrected chi connectivity index (χ2v) is 5.15. The summed E-state index contributed by atoms with van der Waals surface area (Å²) in [5, 5.41) is 9.33. The zero-order valence-electron chi connectivity index (χ0n) is 11.2. The predicted octanol–water partition coefficient (Wildman–Crippen LogP) is 1.78. The molecule has 1 aromatic carbocycles. The minimum Gasteiger partial charge on any atom is -0.395 e. The molecule has 0 amide bonds. The Bertz CT molecular complexity index is 557. The number of rotatable bonds is 4. The Labute approximate surface area is 117 Å². The van der Waals surface area contributed by atoms with E-state index in [0.717, 1.165) is 11.5 Å². The fraction of sp³-hybridized carbons (Fsp3) is 0.400. The van der Waals surface area contributed by atoms with E-state index >= 15 is 0 Å². The summed E-state index contributed by atoms with van der Waals surface area (Å²) in [5.41, 5.74) is 1.04. The Hall–Kier alpha value is -1.72. The lowest BCUT2D eigenvalue weighted by atomic mass is 10.2. The Morgan fingerprint density at radius 3 is 2.85 bits per heavy atom. The van der Waals surface area contributed by atoms with Gasteiger partial charge in [-0.3, -0.25) is 4.90 Å². The van der Waals surface area contributed by atoms with Crippen molar-refractivity contribution >= 4 is 0 Å². The summed E-state index contributed by atoms with van der Waals surface area (Å²) in [6, 6.07) is 9.83. The average Bonchev–Trinajstić information content (AvgIpc) is 3.07. The highest BCUT2D eigenvalue weighted by atomic mass is 19.1. The quantitative estimate of drug-likeness (QED) is 0.924. The number of benzene rings is 1. The van der Waals surface area contributed by atoms with Crippen LogP contribution in [0.4, 0.5) is 4.39 Å². The molecule has 106 valence electrons. The van der Waals surface area contributed by atoms with Gasteiger partial charge in [-0.2, -0.15) is 0 Å². The number of alkyl halides is 1. The number of likely N-dealkylation sites (tertiary alicyclic amines) is 1. The van der Waals surface area contributed by atoms with Crippen molar-refractivity contribution in [2.45, 2.75) is 25.2 Å². The van der Waals surface area contributed by atoms with Gasteiger partial charge in [-0.1, -0.05) is 18.2 Å². The van der Waals surface area contributed by atoms with Crippen molar-refractivity contribution < 1.29 is 9.50 Å². The molecule has 4 nitrogen and oxygen atoms in total. The lowest BCUT2D eigenvalue weighted by Crippen LogP contribution is -2.32. The normalized spacial score (nSPS) is 23.3. The van der Waals surface area contributed by atoms with E-state index in [1.807, 2.05) is 46.0 Å². The first kappa shape index (κ1) is 13.3. The summed E-state index contributed by atoms with van der Waals surface area (Å²) in [7, 11) is 0. The third kappa shape index (κ3) is 2.59. The molecule has 3 rings (SSSR count). The van der Waals surface area contributed by atoms with E-state index in [4.69, 9.17) is 0 Å². The summed E-state index contributed by atoms with van der Waals surface area (Å²) in [5.74, 6) is 0.865. The highest BCUT2D eigenvalue weighted by Gasteiger charge is 2.32. The first-order valence-corrected chi connectivity index (χ1v) is 6.84. The van der Waals surface area contributed by atoms with Crippen LogP contribution in [0.1, 0.15) is 12.2 Å². The van der Waals surface area contributed by atoms with E-state index < -0.39 is 6.17 Å². The van der Waals surface area contributed by atoms with Crippen molar-refractivity contribution in [3.8, 4) is 5.69 Å². The van der Waals surface area contributed by atoms with Crippen LogP contribution in [0.3, 0.4) is 0 Å². The Kier molecular flexibility index (Phi) is 3.80. The molecule has 2 heterocycles. The van der Waals surface area contributed by atoms with Crippen molar-refractivity contribution in [2.24, 2.45) is 0 Å². The van der Waals surface area contributed by atoms with Gasteiger partial charge in [-0.25, -0.2) is 9.37 Å². The smallest absolute Gasteiger partial charge is 0.127 e. The summed E-state index contributed by atoms with van der Waals surface area (Å²) in [6.07, 6.45) is 3.20. The molecule has 0 radical (unpaired) electrons. The fourth-order valence-electron chi connectivity index (χ4n) is 2.76. The van der Waals surface area contributed by atoms with Crippen LogP contribution in [0.2, 0.25) is 0 Å². The number of halogens is 1. The van der Waals surface area contributed by atoms with Crippen LogP contribution in [-0.2, 0) is 6.54 Å². The minimum atomic E-state index is -0.854. The van der Waals surface area contributed by atoms with Crippen molar-refractivity contribution in [1.82, 2.24) is 14.5 Å². The van der Waals surface area contributed by atoms with Crippen LogP contribution in [-0.4, -0.2) is 44.9 Å². The Morgan fingerprint density at radius 2 is 2.10 bits per heavy atom. The number of hydrogen-bond donors (Lipinski definition) is 1. The lowest BCUT2D eigenvalue weighted by Gasteiger charge is -2.22. The Balaban J connectivity index is 1.81. The van der Waals surface area contributed by atoms with Crippen LogP contribution < -0.4 is 0 Å². The molecule has 1 N–H and O–H groups in total. The third-order valence-electron chi connectivity index (χ3n) is 3.78. The molecule has 0 spiro atoms. The lowest BCUT2D eigenvalue weighted by molar-refractivity contribution is 0.150. The van der Waals surface area contributed by atoms with Gasteiger partial charge < -0.3 is 9.67 Å². The molecule has 0 bridgehead atoms. The molecule has 0 aliphatic carbocycles. The molecule has 2 aromatic rings. The summed E-state index contributed by atoms with van der Waals surface area (Å²) in [4.78, 5) is 6.33. The van der Waals surface area contributed by atoms with Gasteiger partial charge in [-0.05, 0) is 18.6 Å². The van der Waals surface area contributed by atoms with Crippen molar-refractivity contribution in [3.05, 3.63) is 48.5 Å². The number of aliphatic hydroxyl groups is 1. The van der Waals surface area contributed by atoms with Crippen molar-refractivity contribution in [1.29, 1.82) is 0 Å². The van der Waals surface area contributed by atoms with Gasteiger partial charge in [0.15, 0.2) is 0 Å². The van der Waals surface area contributed by atoms with Gasteiger partial charge in [0.25, 0.3) is 0 Å². The zero-order valence-corrected chi connectivity index (χ0v) is 11.2. The summed E-state index contributed by atoms with van der Waals surface area (Å²) in [6.45, 7) is 0.910. The molecule has 1 fully saturated rings. The van der Waals surface area contributed by atoms with E-state index in [2.05, 4.69) is 4.98 Å². The second kappa shape index (κ2) is 5.73. The molecule has 5 heteroatoms. The number of aromatic nitrogens is 2. The fourth-order valence-corrected chi connectivity index (χ4v) is 2.76. The molecule has 0 saturated carbocycles. The highest BCUT2D eigenvalue weighted by Crippen LogP contribution is 2.22. The van der Waals surface area contributed by atoms with Gasteiger partial charge in [0.05, 0.1) is 13.2 Å². The van der Waals surface area contributed by atoms with Crippen LogP contribution in [0, 0.1) is 0 Å². The maximum atomic E-state index is 13.5. The summed E-state index contributed by atoms with van der Waals surface area (Å²) < 4.78 is 15.5. The minimum absolute atomic E-state index is 0.00747. The Morgan fingerprint density at radius 1 is 1.30 bits per heavy atom. The predicted molar refractivity (Wildman–Crippen MR) is 74.4 cm³/mol. The van der Waals surface area contributed by atoms with Gasteiger partial charge in [-0.15, -0.1) is 0 Å². The zero-order chi connectivity index (χ0) is 13.9. The standard InChI is InChI=1S/C15H18FN3O/c16-12-8-14(11-20)18(9-12)10-15-17-6-7-19(15)13-4-2-1-3-5-13/h1-7,12,14,20H,8-11H2/t12-,14-/m0/s1. The number of aliphatic hydroxyl groups excluding tert-OH is 1. The molecule has 1 aromatic heterocycles. The van der Waals surface area contributed by atoms with Crippen LogP contribution >= 0.6 is 0 Å². The molecule has 0 unspecified atom stereocenters. The number of para-hydroxylation sites is 1. The molecule has 2 atom stereocenters. The van der Waals surface area contributed by atoms with E-state index in [0.29, 0.717) is 19.5 Å². The van der Waals surface area contributed by atoms with Gasteiger partial charge in [0.2, 0.25) is 0 Å². The van der Waals surface area contributed by atoms with Crippen molar-refractivity contribution in [2.75, 3.05) is 13.2 Å². The maximum Gasteiger partial charge on any atom is 0.127 e. The van der Waals surface area contributed by atoms with Gasteiger partial charge in [0.1, 0.15) is 12.0 Å². The number of hydrogen-bond acceptors (Lipinski definition) is 3. The molecular formula is C15H18FN3O. The largest absolute Gasteiger partial charge is 0.395 e. The van der Waals surface area contributed by atoms with E-state index in [-0.39, 0.29) is 12.6 Å². The van der Waals surface area contributed by atoms with Crippen LogP contribution in [0.5, 0.6) is 0 Å². The molecule has 1 saturated heterocycles. The van der Waals surface area contributed by atoms with Gasteiger partial charge in [0, 0.05) is 30.7 Å². The molecule has 20 heavy (non-hydrogen) atoms. The molecule has 1 aliphatic rings. The topological polar surface area (TPSA) is 41.3 Å². The van der Waals surface area contributed by atoms with Crippen molar-refractivity contribution in [3.63, 3.8) is 0 Å². The van der Waals surface area contributed by atoms with Crippen LogP contribution in [0.25, 0.3) is 5.69 Å². The maximum absolute atomic E-state index is 13.5. The summed E-state index contributed by atoms with van der Waals surface area (Å²) >= 11 is 0. The number of nitrogens with zero attached hydrogens (tertiary/aromatic N) is 3. The van der Waals surface area contributed by atoms with E-state index in [1.54, 1.807) is 6.20 Å². The first-order valence-electron chi connectivity index (χ1n) is 6.84. The molecular weight excluding hydrogens is 257 g/mol. The van der Waals surface area contributed by atoms with Crippen LogP contribution in [0.15, 0.2) is 42.7 Å². The highest BCUT2D eigenvalue weighted by molar-refractivity contribution is 5.32. The van der Waals surface area contributed by atoms with E-state index in [9.17, 15) is 9.50 Å². The van der Waals surface area contributed by atoms with E-state index in [1.165, 1.54) is 0 Å². The average molecular weight is 275 g/mol. The van der Waals surface area contributed by atoms with Gasteiger partial charge >= 0.3 is 0 Å². The third-order valence-corrected chi connectivity index (χ3v) is 3.78. The second-order valence-electron chi connectivity index (χ2n) is 5.15. The molecule has 1 aliphatic heterocycles. The first-order chi connectivity index (χ1) is 9.78. The SMILES string of the molecule is OC[C@@H]1C[C@H](F)CN1Cc1nccn1-c1ccccc1.